The highest BCUT2D eigenvalue weighted by molar-refractivity contribution is 5.70. The molecule has 0 radical (unpaired) electrons. The smallest absolute Gasteiger partial charge is 0.280 e. The maximum Gasteiger partial charge on any atom is 0.280 e. The summed E-state index contributed by atoms with van der Waals surface area (Å²) in [6.07, 6.45) is 10.5. The molecule has 0 spiro atoms. The predicted octanol–water partition coefficient (Wildman–Crippen LogP) is 2.45. The van der Waals surface area contributed by atoms with Gasteiger partial charge in [-0.05, 0) is 6.42 Å². The highest BCUT2D eigenvalue weighted by Crippen LogP contribution is 2.11. The standard InChI is InChI=1S/C14H23N5O/c1-2-3-4-5-6-7-8-9-19-10-16-11-12(19)17-14(15)18-13(11)20/h10H,2-9H2,1H3,(H3,15,17,18,20). The van der Waals surface area contributed by atoms with Crippen LogP contribution in [0.15, 0.2) is 11.1 Å². The Balaban J connectivity index is 1.86. The second-order valence-electron chi connectivity index (χ2n) is 5.18. The number of anilines is 1. The van der Waals surface area contributed by atoms with Crippen molar-refractivity contribution in [3.05, 3.63) is 16.7 Å². The fourth-order valence-corrected chi connectivity index (χ4v) is 2.37. The Morgan fingerprint density at radius 1 is 1.20 bits per heavy atom. The molecule has 0 aliphatic carbocycles. The van der Waals surface area contributed by atoms with Crippen LogP contribution in [0.25, 0.3) is 11.2 Å². The Bertz CT molecular complexity index is 601. The quantitative estimate of drug-likeness (QED) is 0.725. The summed E-state index contributed by atoms with van der Waals surface area (Å²) in [5.74, 6) is 0.142. The molecular weight excluding hydrogens is 254 g/mol. The van der Waals surface area contributed by atoms with Crippen LogP contribution in [0.2, 0.25) is 0 Å². The van der Waals surface area contributed by atoms with Crippen LogP contribution < -0.4 is 11.3 Å². The summed E-state index contributed by atoms with van der Waals surface area (Å²) >= 11 is 0. The number of aromatic amines is 1. The molecule has 0 saturated carbocycles. The van der Waals surface area contributed by atoms with Gasteiger partial charge < -0.3 is 10.3 Å². The largest absolute Gasteiger partial charge is 0.369 e. The summed E-state index contributed by atoms with van der Waals surface area (Å²) in [7, 11) is 0. The molecule has 0 saturated heterocycles. The first-order chi connectivity index (χ1) is 9.72. The molecule has 0 unspecified atom stereocenters. The van der Waals surface area contributed by atoms with Crippen molar-refractivity contribution >= 4 is 17.1 Å². The van der Waals surface area contributed by atoms with Crippen LogP contribution in [-0.4, -0.2) is 19.5 Å². The number of unbranched alkanes of at least 4 members (excludes halogenated alkanes) is 6. The molecule has 0 amide bonds. The molecule has 6 heteroatoms. The van der Waals surface area contributed by atoms with E-state index in [1.807, 2.05) is 4.57 Å². The minimum absolute atomic E-state index is 0.142. The van der Waals surface area contributed by atoms with Gasteiger partial charge in [0.25, 0.3) is 5.56 Å². The highest BCUT2D eigenvalue weighted by atomic mass is 16.1. The van der Waals surface area contributed by atoms with Gasteiger partial charge in [0.1, 0.15) is 0 Å². The molecule has 2 aromatic heterocycles. The third-order valence-electron chi connectivity index (χ3n) is 3.50. The zero-order valence-corrected chi connectivity index (χ0v) is 12.1. The van der Waals surface area contributed by atoms with Crippen molar-refractivity contribution in [2.75, 3.05) is 5.73 Å². The average molecular weight is 277 g/mol. The molecule has 0 fully saturated rings. The highest BCUT2D eigenvalue weighted by Gasteiger charge is 2.08. The number of nitrogen functional groups attached to an aromatic ring is 1. The minimum Gasteiger partial charge on any atom is -0.369 e. The van der Waals surface area contributed by atoms with Crippen molar-refractivity contribution in [3.63, 3.8) is 0 Å². The van der Waals surface area contributed by atoms with Gasteiger partial charge >= 0.3 is 0 Å². The molecule has 6 nitrogen and oxygen atoms in total. The van der Waals surface area contributed by atoms with E-state index >= 15 is 0 Å². The van der Waals surface area contributed by atoms with E-state index in [2.05, 4.69) is 21.9 Å². The number of nitrogens with two attached hydrogens (primary N) is 1. The molecule has 110 valence electrons. The molecule has 3 N–H and O–H groups in total. The number of fused-ring (bicyclic) bond motifs is 1. The number of nitrogens with one attached hydrogen (secondary N) is 1. The van der Waals surface area contributed by atoms with Crippen LogP contribution >= 0.6 is 0 Å². The summed E-state index contributed by atoms with van der Waals surface area (Å²) < 4.78 is 1.91. The van der Waals surface area contributed by atoms with E-state index in [0.717, 1.165) is 13.0 Å². The van der Waals surface area contributed by atoms with E-state index in [1.165, 1.54) is 38.5 Å². The van der Waals surface area contributed by atoms with Gasteiger partial charge in [0.2, 0.25) is 5.95 Å². The topological polar surface area (TPSA) is 89.6 Å². The van der Waals surface area contributed by atoms with Gasteiger partial charge in [0.05, 0.1) is 6.33 Å². The number of aromatic nitrogens is 4. The van der Waals surface area contributed by atoms with Gasteiger partial charge in [-0.15, -0.1) is 0 Å². The Morgan fingerprint density at radius 3 is 2.65 bits per heavy atom. The van der Waals surface area contributed by atoms with Crippen molar-refractivity contribution in [2.24, 2.45) is 0 Å². The number of H-pyrrole nitrogens is 1. The number of nitrogens with zero attached hydrogens (tertiary/aromatic N) is 3. The minimum atomic E-state index is -0.272. The Kier molecular flexibility index (Phi) is 5.15. The first kappa shape index (κ1) is 14.6. The van der Waals surface area contributed by atoms with E-state index in [0.29, 0.717) is 11.2 Å². The van der Waals surface area contributed by atoms with Crippen LogP contribution in [0.1, 0.15) is 51.9 Å². The average Bonchev–Trinajstić information content (AvgIpc) is 2.81. The van der Waals surface area contributed by atoms with Crippen LogP contribution in [-0.2, 0) is 6.54 Å². The molecule has 0 aliphatic heterocycles. The fourth-order valence-electron chi connectivity index (χ4n) is 2.37. The molecule has 0 aliphatic rings. The second kappa shape index (κ2) is 7.07. The lowest BCUT2D eigenvalue weighted by atomic mass is 10.1. The number of hydrogen-bond donors (Lipinski definition) is 2. The first-order valence-corrected chi connectivity index (χ1v) is 7.43. The summed E-state index contributed by atoms with van der Waals surface area (Å²) in [5, 5.41) is 0. The maximum absolute atomic E-state index is 11.6. The number of hydrogen-bond acceptors (Lipinski definition) is 4. The lowest BCUT2D eigenvalue weighted by Gasteiger charge is -2.04. The maximum atomic E-state index is 11.6. The SMILES string of the molecule is CCCCCCCCCn1cnc2c(=O)[nH]c(N)nc21. The van der Waals surface area contributed by atoms with Crippen molar-refractivity contribution < 1.29 is 0 Å². The van der Waals surface area contributed by atoms with E-state index in [4.69, 9.17) is 5.73 Å². The number of rotatable bonds is 8. The van der Waals surface area contributed by atoms with Crippen molar-refractivity contribution in [2.45, 2.75) is 58.4 Å². The van der Waals surface area contributed by atoms with Gasteiger partial charge in [0.15, 0.2) is 11.2 Å². The van der Waals surface area contributed by atoms with Crippen molar-refractivity contribution in [1.29, 1.82) is 0 Å². The van der Waals surface area contributed by atoms with Crippen LogP contribution in [0, 0.1) is 0 Å². The molecule has 0 aromatic carbocycles. The van der Waals surface area contributed by atoms with E-state index in [-0.39, 0.29) is 11.5 Å². The molecule has 2 aromatic rings. The summed E-state index contributed by atoms with van der Waals surface area (Å²) in [6, 6.07) is 0. The number of imidazole rings is 1. The predicted molar refractivity (Wildman–Crippen MR) is 80.6 cm³/mol. The number of aryl methyl sites for hydroxylation is 1. The van der Waals surface area contributed by atoms with Crippen LogP contribution in [0.5, 0.6) is 0 Å². The van der Waals surface area contributed by atoms with Gasteiger partial charge in [-0.2, -0.15) is 4.98 Å². The second-order valence-corrected chi connectivity index (χ2v) is 5.18. The van der Waals surface area contributed by atoms with Gasteiger partial charge in [0, 0.05) is 6.54 Å². The zero-order chi connectivity index (χ0) is 14.4. The molecule has 2 heterocycles. The summed E-state index contributed by atoms with van der Waals surface area (Å²) in [6.45, 7) is 3.06. The lowest BCUT2D eigenvalue weighted by molar-refractivity contribution is 0.554. The molecular formula is C14H23N5O. The normalized spacial score (nSPS) is 11.2. The van der Waals surface area contributed by atoms with Gasteiger partial charge in [-0.25, -0.2) is 4.98 Å². The molecule has 0 bridgehead atoms. The van der Waals surface area contributed by atoms with E-state index in [9.17, 15) is 4.79 Å². The lowest BCUT2D eigenvalue weighted by Crippen LogP contribution is -2.12. The first-order valence-electron chi connectivity index (χ1n) is 7.43. The third kappa shape index (κ3) is 3.59. The Morgan fingerprint density at radius 2 is 1.90 bits per heavy atom. The van der Waals surface area contributed by atoms with Gasteiger partial charge in [-0.3, -0.25) is 9.78 Å². The van der Waals surface area contributed by atoms with Crippen LogP contribution in [0.3, 0.4) is 0 Å². The zero-order valence-electron chi connectivity index (χ0n) is 12.1. The Labute approximate surface area is 118 Å². The Hall–Kier alpha value is -1.85. The monoisotopic (exact) mass is 277 g/mol. The van der Waals surface area contributed by atoms with E-state index in [1.54, 1.807) is 6.33 Å². The molecule has 20 heavy (non-hydrogen) atoms. The molecule has 2 rings (SSSR count). The van der Waals surface area contributed by atoms with E-state index < -0.39 is 0 Å². The van der Waals surface area contributed by atoms with Crippen LogP contribution in [0.4, 0.5) is 5.95 Å². The van der Waals surface area contributed by atoms with Gasteiger partial charge in [-0.1, -0.05) is 45.4 Å². The molecule has 0 atom stereocenters. The summed E-state index contributed by atoms with van der Waals surface area (Å²) in [5.41, 5.74) is 6.24. The van der Waals surface area contributed by atoms with Crippen molar-refractivity contribution in [1.82, 2.24) is 19.5 Å². The fraction of sp³-hybridized carbons (Fsp3) is 0.643. The summed E-state index contributed by atoms with van der Waals surface area (Å²) in [4.78, 5) is 22.4. The van der Waals surface area contributed by atoms with Crippen molar-refractivity contribution in [3.8, 4) is 0 Å². The third-order valence-corrected chi connectivity index (χ3v) is 3.50.